The summed E-state index contributed by atoms with van der Waals surface area (Å²) >= 11 is 0. The fourth-order valence-electron chi connectivity index (χ4n) is 7.41. The molecule has 0 bridgehead atoms. The topological polar surface area (TPSA) is 121 Å². The van der Waals surface area contributed by atoms with E-state index < -0.39 is 23.4 Å². The molecular formula is C36H49N5O5. The van der Waals surface area contributed by atoms with Gasteiger partial charge in [0, 0.05) is 43.2 Å². The smallest absolute Gasteiger partial charge is 0.259 e. The number of hydrogen-bond acceptors (Lipinski definition) is 8. The maximum atomic E-state index is 15.1. The number of ether oxygens (including phenoxy) is 2. The molecule has 10 nitrogen and oxygen atoms in total. The van der Waals surface area contributed by atoms with Crippen molar-refractivity contribution in [2.24, 2.45) is 5.73 Å². The molecule has 2 amide bonds. The Bertz CT molecular complexity index is 1520. The molecule has 2 unspecified atom stereocenters. The Morgan fingerprint density at radius 3 is 2.28 bits per heavy atom. The van der Waals surface area contributed by atoms with Crippen LogP contribution >= 0.6 is 0 Å². The van der Waals surface area contributed by atoms with Crippen LogP contribution in [0.15, 0.2) is 48.7 Å². The van der Waals surface area contributed by atoms with Crippen LogP contribution in [0.1, 0.15) is 77.0 Å². The summed E-state index contributed by atoms with van der Waals surface area (Å²) in [6, 6.07) is 12.5. The molecule has 2 aromatic carbocycles. The van der Waals surface area contributed by atoms with Gasteiger partial charge in [-0.1, -0.05) is 30.7 Å². The van der Waals surface area contributed by atoms with Crippen LogP contribution in [0.2, 0.25) is 0 Å². The van der Waals surface area contributed by atoms with Gasteiger partial charge in [0.2, 0.25) is 5.91 Å². The lowest BCUT2D eigenvalue weighted by atomic mass is 9.77. The number of Topliss-reactive ketones (excluding diaryl/α,β-unsaturated/α-hetero) is 1. The molecule has 2 atom stereocenters. The number of ketones is 1. The van der Waals surface area contributed by atoms with Crippen LogP contribution in [0, 0.1) is 0 Å². The first kappa shape index (κ1) is 33.6. The third-order valence-electron chi connectivity index (χ3n) is 9.71. The number of benzene rings is 2. The number of hydrogen-bond donors (Lipinski definition) is 2. The quantitative estimate of drug-likeness (QED) is 0.273. The molecule has 3 heterocycles. The molecule has 5 rings (SSSR count). The van der Waals surface area contributed by atoms with Gasteiger partial charge < -0.3 is 25.1 Å². The van der Waals surface area contributed by atoms with E-state index >= 15 is 4.79 Å². The Balaban J connectivity index is 1.55. The number of piperidine rings is 2. The molecule has 0 aliphatic carbocycles. The predicted molar refractivity (Wildman–Crippen MR) is 179 cm³/mol. The van der Waals surface area contributed by atoms with Crippen molar-refractivity contribution in [2.45, 2.75) is 84.0 Å². The molecule has 3 aromatic rings. The second kappa shape index (κ2) is 14.8. The fourth-order valence-corrected chi connectivity index (χ4v) is 7.41. The molecule has 1 aromatic heterocycles. The van der Waals surface area contributed by atoms with E-state index in [0.29, 0.717) is 55.0 Å². The average Bonchev–Trinajstić information content (AvgIpc) is 3.50. The van der Waals surface area contributed by atoms with E-state index in [1.807, 2.05) is 49.1 Å². The highest BCUT2D eigenvalue weighted by Crippen LogP contribution is 2.39. The fraction of sp³-hybridized carbons (Fsp3) is 0.528. The average molecular weight is 632 g/mol. The second-order valence-electron chi connectivity index (χ2n) is 12.5. The molecule has 2 fully saturated rings. The molecule has 0 spiro atoms. The molecule has 2 aliphatic rings. The zero-order valence-electron chi connectivity index (χ0n) is 27.7. The number of nitrogens with two attached hydrogens (primary N) is 1. The lowest BCUT2D eigenvalue weighted by Gasteiger charge is -2.50. The minimum Gasteiger partial charge on any atom is -0.490 e. The monoisotopic (exact) mass is 631 g/mol. The number of carbonyl (C=O) groups excluding carboxylic acids is 3. The molecule has 10 heteroatoms. The molecule has 2 saturated heterocycles. The number of rotatable bonds is 12. The first-order chi connectivity index (χ1) is 22.2. The first-order valence-electron chi connectivity index (χ1n) is 16.7. The number of H-pyrrole nitrogens is 1. The number of fused-ring (bicyclic) bond motifs is 1. The van der Waals surface area contributed by atoms with Gasteiger partial charge in [0.25, 0.3) is 5.91 Å². The highest BCUT2D eigenvalue weighted by molar-refractivity contribution is 6.15. The third kappa shape index (κ3) is 6.56. The van der Waals surface area contributed by atoms with E-state index in [9.17, 15) is 9.59 Å². The van der Waals surface area contributed by atoms with Gasteiger partial charge in [0.1, 0.15) is 0 Å². The van der Waals surface area contributed by atoms with Crippen molar-refractivity contribution in [1.82, 2.24) is 19.7 Å². The number of nitrogens with zero attached hydrogens (tertiary/aromatic N) is 3. The minimum atomic E-state index is -1.79. The Labute approximate surface area is 272 Å². The third-order valence-corrected chi connectivity index (χ3v) is 9.71. The van der Waals surface area contributed by atoms with Crippen molar-refractivity contribution < 1.29 is 23.9 Å². The summed E-state index contributed by atoms with van der Waals surface area (Å²) in [7, 11) is 0. The van der Waals surface area contributed by atoms with E-state index in [0.717, 1.165) is 36.8 Å². The Morgan fingerprint density at radius 2 is 1.63 bits per heavy atom. The minimum absolute atomic E-state index is 0.0411. The van der Waals surface area contributed by atoms with Crippen molar-refractivity contribution in [3.05, 3.63) is 59.8 Å². The van der Waals surface area contributed by atoms with Crippen molar-refractivity contribution in [2.75, 3.05) is 39.4 Å². The highest BCUT2D eigenvalue weighted by Gasteiger charge is 2.57. The molecular weight excluding hydrogens is 582 g/mol. The first-order valence-corrected chi connectivity index (χ1v) is 16.7. The number of imide groups is 1. The van der Waals surface area contributed by atoms with E-state index in [1.54, 1.807) is 18.3 Å². The van der Waals surface area contributed by atoms with E-state index in [1.165, 1.54) is 38.0 Å². The summed E-state index contributed by atoms with van der Waals surface area (Å²) in [6.45, 7) is 10.6. The van der Waals surface area contributed by atoms with Crippen LogP contribution in [0.3, 0.4) is 0 Å². The van der Waals surface area contributed by atoms with Crippen LogP contribution in [-0.4, -0.2) is 88.3 Å². The van der Waals surface area contributed by atoms with Crippen LogP contribution in [-0.2, 0) is 20.9 Å². The number of amides is 2. The zero-order valence-corrected chi connectivity index (χ0v) is 27.7. The van der Waals surface area contributed by atoms with Crippen LogP contribution in [0.5, 0.6) is 11.5 Å². The summed E-state index contributed by atoms with van der Waals surface area (Å²) in [5.41, 5.74) is 7.57. The van der Waals surface area contributed by atoms with Gasteiger partial charge in [0.05, 0.1) is 25.8 Å². The van der Waals surface area contributed by atoms with Gasteiger partial charge in [-0.15, -0.1) is 0 Å². The van der Waals surface area contributed by atoms with Gasteiger partial charge in [-0.2, -0.15) is 0 Å². The van der Waals surface area contributed by atoms with Crippen molar-refractivity contribution in [3.63, 3.8) is 0 Å². The van der Waals surface area contributed by atoms with Crippen LogP contribution in [0.4, 0.5) is 0 Å². The van der Waals surface area contributed by atoms with Gasteiger partial charge in [-0.3, -0.25) is 24.2 Å². The summed E-state index contributed by atoms with van der Waals surface area (Å²) in [5.74, 6) is -0.319. The summed E-state index contributed by atoms with van der Waals surface area (Å²) in [6.07, 6.45) is 7.09. The van der Waals surface area contributed by atoms with E-state index in [4.69, 9.17) is 15.2 Å². The SMILES string of the molecule is CCOc1ccc(CN(C(C)=O)C(=O)C(C(C)=O)(C(N)c2c[nH]c3ccccc23)N2CCC(N3CCCCC3)CC2)cc1OCC. The number of likely N-dealkylation sites (tertiary alicyclic amines) is 2. The van der Waals surface area contributed by atoms with Crippen molar-refractivity contribution >= 4 is 28.5 Å². The Morgan fingerprint density at radius 1 is 0.957 bits per heavy atom. The Kier molecular flexibility index (Phi) is 10.8. The summed E-state index contributed by atoms with van der Waals surface area (Å²) in [5, 5.41) is 0.846. The second-order valence-corrected chi connectivity index (χ2v) is 12.5. The maximum absolute atomic E-state index is 15.1. The molecule has 3 N–H and O–H groups in total. The molecule has 2 aliphatic heterocycles. The summed E-state index contributed by atoms with van der Waals surface area (Å²) in [4.78, 5) is 51.6. The molecule has 0 radical (unpaired) electrons. The van der Waals surface area contributed by atoms with Gasteiger partial charge in [0.15, 0.2) is 22.8 Å². The summed E-state index contributed by atoms with van der Waals surface area (Å²) < 4.78 is 11.5. The molecule has 46 heavy (non-hydrogen) atoms. The number of carbonyl (C=O) groups is 3. The van der Waals surface area contributed by atoms with Gasteiger partial charge in [-0.05, 0) is 88.9 Å². The Hall–Kier alpha value is -3.73. The van der Waals surface area contributed by atoms with Gasteiger partial charge >= 0.3 is 0 Å². The molecule has 0 saturated carbocycles. The lowest BCUT2D eigenvalue weighted by molar-refractivity contribution is -0.160. The number of aromatic amines is 1. The molecule has 248 valence electrons. The number of para-hydroxylation sites is 1. The van der Waals surface area contributed by atoms with Crippen molar-refractivity contribution in [3.8, 4) is 11.5 Å². The van der Waals surface area contributed by atoms with E-state index in [-0.39, 0.29) is 12.3 Å². The highest BCUT2D eigenvalue weighted by atomic mass is 16.5. The lowest BCUT2D eigenvalue weighted by Crippen LogP contribution is -2.70. The van der Waals surface area contributed by atoms with E-state index in [2.05, 4.69) is 9.88 Å². The number of aromatic nitrogens is 1. The largest absolute Gasteiger partial charge is 0.490 e. The van der Waals surface area contributed by atoms with Crippen molar-refractivity contribution in [1.29, 1.82) is 0 Å². The predicted octanol–water partition coefficient (Wildman–Crippen LogP) is 4.82. The van der Waals surface area contributed by atoms with Gasteiger partial charge in [-0.25, -0.2) is 0 Å². The maximum Gasteiger partial charge on any atom is 0.259 e. The van der Waals surface area contributed by atoms with Crippen LogP contribution < -0.4 is 15.2 Å². The normalized spacial score (nSPS) is 18.5. The standard InChI is InChI=1S/C36H49N5O5/c1-5-45-32-15-14-27(22-33(32)46-6-2)24-41(26(4)43)35(44)36(25(3)42,34(37)30-23-38-31-13-9-8-12-29(30)31)40-20-16-28(17-21-40)39-18-10-7-11-19-39/h8-9,12-15,22-23,28,34,38H,5-7,10-11,16-21,24,37H2,1-4H3. The zero-order chi connectivity index (χ0) is 32.8. The van der Waals surface area contributed by atoms with Crippen LogP contribution in [0.25, 0.3) is 10.9 Å². The number of nitrogens with one attached hydrogen (secondary N) is 1.